The van der Waals surface area contributed by atoms with Crippen molar-refractivity contribution in [1.82, 2.24) is 14.9 Å². The molecule has 0 aliphatic carbocycles. The highest BCUT2D eigenvalue weighted by atomic mass is 15.2. The minimum Gasteiger partial charge on any atom is -0.356 e. The second-order valence-electron chi connectivity index (χ2n) is 8.11. The molecule has 140 valence electrons. The topological polar surface area (TPSA) is 44.3 Å². The van der Waals surface area contributed by atoms with E-state index in [9.17, 15) is 0 Å². The summed E-state index contributed by atoms with van der Waals surface area (Å²) in [5, 5.41) is 3.60. The molecule has 0 amide bonds. The van der Waals surface area contributed by atoms with Crippen LogP contribution in [0.3, 0.4) is 0 Å². The highest BCUT2D eigenvalue weighted by molar-refractivity contribution is 5.43. The normalized spacial score (nSPS) is 22.8. The fraction of sp³-hybridized carbons (Fsp3) is 0.800. The third kappa shape index (κ3) is 5.84. The average molecular weight is 346 g/mol. The van der Waals surface area contributed by atoms with Gasteiger partial charge in [0, 0.05) is 31.9 Å². The second-order valence-corrected chi connectivity index (χ2v) is 8.11. The van der Waals surface area contributed by atoms with Gasteiger partial charge in [-0.25, -0.2) is 4.98 Å². The number of rotatable bonds is 6. The summed E-state index contributed by atoms with van der Waals surface area (Å²) in [6, 6.07) is 2.53. The van der Waals surface area contributed by atoms with Crippen LogP contribution >= 0.6 is 0 Å². The maximum Gasteiger partial charge on any atom is 0.224 e. The van der Waals surface area contributed by atoms with E-state index in [-0.39, 0.29) is 0 Å². The van der Waals surface area contributed by atoms with Crippen LogP contribution in [0.4, 0.5) is 11.8 Å². The average Bonchev–Trinajstić information content (AvgIpc) is 2.90. The zero-order valence-electron chi connectivity index (χ0n) is 16.1. The van der Waals surface area contributed by atoms with Crippen molar-refractivity contribution in [1.29, 1.82) is 0 Å². The van der Waals surface area contributed by atoms with Crippen LogP contribution in [0.5, 0.6) is 0 Å². The van der Waals surface area contributed by atoms with Gasteiger partial charge in [-0.1, -0.05) is 26.7 Å². The molecule has 0 saturated carbocycles. The SMILES string of the molecule is CC(C)CCN1CCCC(Nc2nccc(N3CCCCCC3)n2)C1. The van der Waals surface area contributed by atoms with E-state index in [1.165, 1.54) is 58.0 Å². The smallest absolute Gasteiger partial charge is 0.224 e. The van der Waals surface area contributed by atoms with Gasteiger partial charge in [0.05, 0.1) is 0 Å². The molecule has 3 heterocycles. The van der Waals surface area contributed by atoms with E-state index in [1.54, 1.807) is 0 Å². The van der Waals surface area contributed by atoms with E-state index in [1.807, 2.05) is 6.20 Å². The molecule has 2 fully saturated rings. The molecule has 5 nitrogen and oxygen atoms in total. The number of nitrogens with zero attached hydrogens (tertiary/aromatic N) is 4. The van der Waals surface area contributed by atoms with Crippen LogP contribution in [-0.4, -0.2) is 53.6 Å². The van der Waals surface area contributed by atoms with Gasteiger partial charge in [0.15, 0.2) is 0 Å². The first-order valence-corrected chi connectivity index (χ1v) is 10.3. The Balaban J connectivity index is 1.56. The highest BCUT2D eigenvalue weighted by Gasteiger charge is 2.21. The summed E-state index contributed by atoms with van der Waals surface area (Å²) in [5.41, 5.74) is 0. The summed E-state index contributed by atoms with van der Waals surface area (Å²) >= 11 is 0. The van der Waals surface area contributed by atoms with E-state index < -0.39 is 0 Å². The van der Waals surface area contributed by atoms with Crippen LogP contribution in [0, 0.1) is 5.92 Å². The van der Waals surface area contributed by atoms with Crippen LogP contribution < -0.4 is 10.2 Å². The molecule has 0 aromatic carbocycles. The van der Waals surface area contributed by atoms with Gasteiger partial charge in [-0.05, 0) is 57.2 Å². The summed E-state index contributed by atoms with van der Waals surface area (Å²) in [6.07, 6.45) is 10.9. The van der Waals surface area contributed by atoms with Gasteiger partial charge in [0.25, 0.3) is 0 Å². The van der Waals surface area contributed by atoms with Crippen molar-refractivity contribution in [3.63, 3.8) is 0 Å². The molecule has 2 saturated heterocycles. The third-order valence-electron chi connectivity index (χ3n) is 5.43. The number of aromatic nitrogens is 2. The molecule has 25 heavy (non-hydrogen) atoms. The molecule has 2 aliphatic rings. The molecular weight excluding hydrogens is 310 g/mol. The maximum atomic E-state index is 4.82. The molecule has 1 N–H and O–H groups in total. The monoisotopic (exact) mass is 345 g/mol. The highest BCUT2D eigenvalue weighted by Crippen LogP contribution is 2.20. The molecule has 0 radical (unpaired) electrons. The van der Waals surface area contributed by atoms with Crippen LogP contribution in [0.2, 0.25) is 0 Å². The zero-order chi connectivity index (χ0) is 17.5. The first-order chi connectivity index (χ1) is 12.2. The molecular formula is C20H35N5. The van der Waals surface area contributed by atoms with E-state index in [4.69, 9.17) is 4.98 Å². The van der Waals surface area contributed by atoms with E-state index in [0.29, 0.717) is 6.04 Å². The Kier molecular flexibility index (Phi) is 6.91. The minimum absolute atomic E-state index is 0.472. The van der Waals surface area contributed by atoms with Crippen LogP contribution in [0.15, 0.2) is 12.3 Å². The van der Waals surface area contributed by atoms with Crippen LogP contribution in [0.1, 0.15) is 58.8 Å². The van der Waals surface area contributed by atoms with Crippen molar-refractivity contribution in [2.75, 3.05) is 42.9 Å². The maximum absolute atomic E-state index is 4.82. The quantitative estimate of drug-likeness (QED) is 0.850. The van der Waals surface area contributed by atoms with E-state index in [0.717, 1.165) is 37.3 Å². The van der Waals surface area contributed by atoms with Crippen molar-refractivity contribution in [2.24, 2.45) is 5.92 Å². The van der Waals surface area contributed by atoms with Gasteiger partial charge in [-0.15, -0.1) is 0 Å². The largest absolute Gasteiger partial charge is 0.356 e. The summed E-state index contributed by atoms with van der Waals surface area (Å²) in [7, 11) is 0. The van der Waals surface area contributed by atoms with E-state index >= 15 is 0 Å². The summed E-state index contributed by atoms with van der Waals surface area (Å²) in [4.78, 5) is 14.3. The Bertz CT molecular complexity index is 511. The Hall–Kier alpha value is -1.36. The lowest BCUT2D eigenvalue weighted by Crippen LogP contribution is -2.43. The Morgan fingerprint density at radius 3 is 2.68 bits per heavy atom. The molecule has 0 spiro atoms. The molecule has 5 heteroatoms. The van der Waals surface area contributed by atoms with E-state index in [2.05, 4.69) is 40.0 Å². The first-order valence-electron chi connectivity index (χ1n) is 10.3. The lowest BCUT2D eigenvalue weighted by Gasteiger charge is -2.33. The fourth-order valence-corrected chi connectivity index (χ4v) is 3.89. The summed E-state index contributed by atoms with van der Waals surface area (Å²) < 4.78 is 0. The fourth-order valence-electron chi connectivity index (χ4n) is 3.89. The van der Waals surface area contributed by atoms with Gasteiger partial charge in [0.1, 0.15) is 5.82 Å². The molecule has 1 unspecified atom stereocenters. The Labute approximate surface area is 153 Å². The number of anilines is 2. The Morgan fingerprint density at radius 1 is 1.12 bits per heavy atom. The third-order valence-corrected chi connectivity index (χ3v) is 5.43. The number of piperidine rings is 1. The van der Waals surface area contributed by atoms with Gasteiger partial charge in [0.2, 0.25) is 5.95 Å². The van der Waals surface area contributed by atoms with Crippen LogP contribution in [0.25, 0.3) is 0 Å². The summed E-state index contributed by atoms with van der Waals surface area (Å²) in [5.74, 6) is 2.67. The zero-order valence-corrected chi connectivity index (χ0v) is 16.1. The standard InChI is InChI=1S/C20H35N5/c1-17(2)10-15-24-12-7-8-18(16-24)22-20-21-11-9-19(23-20)25-13-5-3-4-6-14-25/h9,11,17-18H,3-8,10,12-16H2,1-2H3,(H,21,22,23). The lowest BCUT2D eigenvalue weighted by molar-refractivity contribution is 0.205. The van der Waals surface area contributed by atoms with Crippen molar-refractivity contribution in [3.8, 4) is 0 Å². The first kappa shape index (κ1) is 18.4. The minimum atomic E-state index is 0.472. The molecule has 1 atom stereocenters. The number of hydrogen-bond acceptors (Lipinski definition) is 5. The molecule has 0 bridgehead atoms. The predicted octanol–water partition coefficient (Wildman–Crippen LogP) is 3.78. The van der Waals surface area contributed by atoms with Crippen molar-refractivity contribution in [2.45, 2.75) is 64.8 Å². The molecule has 1 aromatic heterocycles. The summed E-state index contributed by atoms with van der Waals surface area (Å²) in [6.45, 7) is 10.4. The number of likely N-dealkylation sites (tertiary alicyclic amines) is 1. The second kappa shape index (κ2) is 9.37. The van der Waals surface area contributed by atoms with Gasteiger partial charge < -0.3 is 15.1 Å². The predicted molar refractivity (Wildman–Crippen MR) is 105 cm³/mol. The molecule has 3 rings (SSSR count). The molecule has 2 aliphatic heterocycles. The number of nitrogens with one attached hydrogen (secondary N) is 1. The van der Waals surface area contributed by atoms with Crippen molar-refractivity contribution in [3.05, 3.63) is 12.3 Å². The van der Waals surface area contributed by atoms with Gasteiger partial charge >= 0.3 is 0 Å². The van der Waals surface area contributed by atoms with Crippen molar-refractivity contribution < 1.29 is 0 Å². The van der Waals surface area contributed by atoms with Gasteiger partial charge in [-0.2, -0.15) is 4.98 Å². The molecule has 1 aromatic rings. The van der Waals surface area contributed by atoms with Crippen molar-refractivity contribution >= 4 is 11.8 Å². The van der Waals surface area contributed by atoms with Gasteiger partial charge in [-0.3, -0.25) is 0 Å². The van der Waals surface area contributed by atoms with Crippen LogP contribution in [-0.2, 0) is 0 Å². The Morgan fingerprint density at radius 2 is 1.92 bits per heavy atom. The lowest BCUT2D eigenvalue weighted by atomic mass is 10.0. The number of hydrogen-bond donors (Lipinski definition) is 1.